The van der Waals surface area contributed by atoms with Crippen molar-refractivity contribution < 1.29 is 13.6 Å². The monoisotopic (exact) mass is 455 g/mol. The summed E-state index contributed by atoms with van der Waals surface area (Å²) in [6.07, 6.45) is 0.399. The minimum Gasteiger partial charge on any atom is -0.366 e. The van der Waals surface area contributed by atoms with E-state index in [1.165, 1.54) is 4.52 Å². The van der Waals surface area contributed by atoms with Gasteiger partial charge in [-0.3, -0.25) is 4.79 Å². The summed E-state index contributed by atoms with van der Waals surface area (Å²) in [7, 11) is 0. The molecule has 0 aliphatic rings. The molecule has 164 valence electrons. The van der Waals surface area contributed by atoms with Gasteiger partial charge in [0.25, 0.3) is 5.91 Å². The number of carbonyl (C=O) groups excluding carboxylic acids is 1. The number of nitrogens with two attached hydrogens (primary N) is 1. The van der Waals surface area contributed by atoms with Gasteiger partial charge in [0.1, 0.15) is 12.0 Å². The van der Waals surface area contributed by atoms with Crippen LogP contribution in [0.4, 0.5) is 14.7 Å². The standard InChI is InChI=1S/C23H20ClF2N5O/c1-13-2-7-17(15-9-11-31-19(12-15)29-23(27)30-31)21(26)20(13)22(32)28-10-8-18(25)14-3-5-16(24)6-4-14/h2-7,9,11-12,18H,8,10H2,1H3,(H2,27,30)(H,28,32). The third kappa shape index (κ3) is 4.40. The molecule has 1 unspecified atom stereocenters. The largest absolute Gasteiger partial charge is 0.366 e. The smallest absolute Gasteiger partial charge is 0.254 e. The van der Waals surface area contributed by atoms with E-state index in [1.807, 2.05) is 0 Å². The highest BCUT2D eigenvalue weighted by molar-refractivity contribution is 6.30. The van der Waals surface area contributed by atoms with Crippen molar-refractivity contribution in [3.8, 4) is 11.1 Å². The first-order valence-corrected chi connectivity index (χ1v) is 10.3. The van der Waals surface area contributed by atoms with Gasteiger partial charge in [-0.15, -0.1) is 5.10 Å². The molecule has 4 aromatic rings. The number of nitrogens with zero attached hydrogens (tertiary/aromatic N) is 3. The van der Waals surface area contributed by atoms with Crippen LogP contribution in [0.1, 0.15) is 34.1 Å². The number of anilines is 1. The maximum Gasteiger partial charge on any atom is 0.254 e. The van der Waals surface area contributed by atoms with Gasteiger partial charge in [-0.1, -0.05) is 35.9 Å². The van der Waals surface area contributed by atoms with E-state index < -0.39 is 17.9 Å². The number of aromatic nitrogens is 3. The summed E-state index contributed by atoms with van der Waals surface area (Å²) in [4.78, 5) is 16.8. The molecule has 0 fully saturated rings. The topological polar surface area (TPSA) is 85.3 Å². The van der Waals surface area contributed by atoms with E-state index in [0.29, 0.717) is 27.4 Å². The number of carbonyl (C=O) groups is 1. The van der Waals surface area contributed by atoms with Crippen molar-refractivity contribution in [3.63, 3.8) is 0 Å². The Morgan fingerprint density at radius 2 is 1.97 bits per heavy atom. The molecule has 0 aliphatic heterocycles. The predicted octanol–water partition coefficient (Wildman–Crippen LogP) is 4.91. The van der Waals surface area contributed by atoms with Gasteiger partial charge in [0.15, 0.2) is 5.65 Å². The molecular weight excluding hydrogens is 436 g/mol. The van der Waals surface area contributed by atoms with E-state index in [-0.39, 0.29) is 30.0 Å². The van der Waals surface area contributed by atoms with Gasteiger partial charge in [0, 0.05) is 29.7 Å². The zero-order chi connectivity index (χ0) is 22.8. The number of halogens is 3. The summed E-state index contributed by atoms with van der Waals surface area (Å²) in [5.74, 6) is -1.15. The maximum atomic E-state index is 15.3. The molecule has 9 heteroatoms. The molecule has 0 radical (unpaired) electrons. The molecule has 2 aromatic heterocycles. The minimum atomic E-state index is -1.27. The zero-order valence-electron chi connectivity index (χ0n) is 17.1. The number of nitrogens with one attached hydrogen (secondary N) is 1. The lowest BCUT2D eigenvalue weighted by Gasteiger charge is -2.13. The second-order valence-corrected chi connectivity index (χ2v) is 7.81. The fourth-order valence-electron chi connectivity index (χ4n) is 3.48. The highest BCUT2D eigenvalue weighted by Gasteiger charge is 2.20. The second-order valence-electron chi connectivity index (χ2n) is 7.37. The zero-order valence-corrected chi connectivity index (χ0v) is 17.9. The summed E-state index contributed by atoms with van der Waals surface area (Å²) in [5.41, 5.74) is 7.71. The quantitative estimate of drug-likeness (QED) is 0.432. The fourth-order valence-corrected chi connectivity index (χ4v) is 3.61. The van der Waals surface area contributed by atoms with E-state index in [4.69, 9.17) is 17.3 Å². The summed E-state index contributed by atoms with van der Waals surface area (Å²) >= 11 is 5.82. The molecule has 1 amide bonds. The molecular formula is C23H20ClF2N5O. The SMILES string of the molecule is Cc1ccc(-c2ccn3nc(N)nc3c2)c(F)c1C(=O)NCCC(F)c1ccc(Cl)cc1. The summed E-state index contributed by atoms with van der Waals surface area (Å²) in [6, 6.07) is 13.0. The molecule has 3 N–H and O–H groups in total. The molecule has 0 bridgehead atoms. The van der Waals surface area contributed by atoms with Gasteiger partial charge in [-0.2, -0.15) is 4.98 Å². The number of alkyl halides is 1. The number of rotatable bonds is 6. The van der Waals surface area contributed by atoms with Gasteiger partial charge in [0.2, 0.25) is 5.95 Å². The van der Waals surface area contributed by atoms with Crippen molar-refractivity contribution in [1.82, 2.24) is 19.9 Å². The van der Waals surface area contributed by atoms with E-state index >= 15 is 4.39 Å². The molecule has 0 aliphatic carbocycles. The molecule has 32 heavy (non-hydrogen) atoms. The Hall–Kier alpha value is -3.52. The number of aryl methyl sites for hydroxylation is 1. The number of benzene rings is 2. The van der Waals surface area contributed by atoms with Crippen LogP contribution in [0.25, 0.3) is 16.8 Å². The van der Waals surface area contributed by atoms with Crippen LogP contribution in [0.3, 0.4) is 0 Å². The maximum absolute atomic E-state index is 15.3. The second kappa shape index (κ2) is 8.92. The Balaban J connectivity index is 1.51. The minimum absolute atomic E-state index is 0.0523. The van der Waals surface area contributed by atoms with Crippen molar-refractivity contribution >= 4 is 29.1 Å². The van der Waals surface area contributed by atoms with Gasteiger partial charge in [0.05, 0.1) is 5.56 Å². The molecule has 2 heterocycles. The summed E-state index contributed by atoms with van der Waals surface area (Å²) < 4.78 is 31.2. The first-order chi connectivity index (χ1) is 15.3. The third-order valence-corrected chi connectivity index (χ3v) is 5.41. The lowest BCUT2D eigenvalue weighted by Crippen LogP contribution is -2.27. The number of pyridine rings is 1. The van der Waals surface area contributed by atoms with Crippen molar-refractivity contribution in [2.45, 2.75) is 19.5 Å². The van der Waals surface area contributed by atoms with Crippen molar-refractivity contribution in [1.29, 1.82) is 0 Å². The molecule has 4 rings (SSSR count). The lowest BCUT2D eigenvalue weighted by molar-refractivity contribution is 0.0945. The summed E-state index contributed by atoms with van der Waals surface area (Å²) in [5, 5.41) is 7.13. The highest BCUT2D eigenvalue weighted by Crippen LogP contribution is 2.28. The third-order valence-electron chi connectivity index (χ3n) is 5.16. The van der Waals surface area contributed by atoms with Gasteiger partial charge in [-0.25, -0.2) is 13.3 Å². The Labute approximate surface area is 188 Å². The average molecular weight is 456 g/mol. The van der Waals surface area contributed by atoms with E-state index in [0.717, 1.165) is 0 Å². The van der Waals surface area contributed by atoms with E-state index in [2.05, 4.69) is 15.4 Å². The molecule has 0 saturated heterocycles. The van der Waals surface area contributed by atoms with Crippen LogP contribution in [-0.2, 0) is 0 Å². The van der Waals surface area contributed by atoms with E-state index in [9.17, 15) is 9.18 Å². The van der Waals surface area contributed by atoms with Gasteiger partial charge < -0.3 is 11.1 Å². The van der Waals surface area contributed by atoms with Crippen molar-refractivity contribution in [3.05, 3.63) is 82.3 Å². The summed E-state index contributed by atoms with van der Waals surface area (Å²) in [6.45, 7) is 1.70. The van der Waals surface area contributed by atoms with Crippen LogP contribution in [-0.4, -0.2) is 27.0 Å². The van der Waals surface area contributed by atoms with Crippen molar-refractivity contribution in [2.75, 3.05) is 12.3 Å². The Morgan fingerprint density at radius 3 is 2.72 bits per heavy atom. The average Bonchev–Trinajstić information content (AvgIpc) is 3.13. The molecule has 0 spiro atoms. The highest BCUT2D eigenvalue weighted by atomic mass is 35.5. The normalized spacial score (nSPS) is 12.1. The van der Waals surface area contributed by atoms with Crippen LogP contribution in [0.2, 0.25) is 5.02 Å². The van der Waals surface area contributed by atoms with Crippen LogP contribution in [0.5, 0.6) is 0 Å². The molecule has 6 nitrogen and oxygen atoms in total. The van der Waals surface area contributed by atoms with Crippen molar-refractivity contribution in [2.24, 2.45) is 0 Å². The number of fused-ring (bicyclic) bond motifs is 1. The number of hydrogen-bond acceptors (Lipinski definition) is 4. The first kappa shape index (κ1) is 21.7. The number of amides is 1. The lowest BCUT2D eigenvalue weighted by atomic mass is 9.98. The Kier molecular flexibility index (Phi) is 6.05. The van der Waals surface area contributed by atoms with E-state index in [1.54, 1.807) is 61.7 Å². The van der Waals surface area contributed by atoms with Crippen LogP contribution in [0.15, 0.2) is 54.7 Å². The van der Waals surface area contributed by atoms with Crippen LogP contribution >= 0.6 is 11.6 Å². The molecule has 2 aromatic carbocycles. The fraction of sp³-hybridized carbons (Fsp3) is 0.174. The Morgan fingerprint density at radius 1 is 1.22 bits per heavy atom. The number of hydrogen-bond donors (Lipinski definition) is 2. The predicted molar refractivity (Wildman–Crippen MR) is 120 cm³/mol. The Bertz CT molecular complexity index is 1290. The number of nitrogen functional groups attached to an aromatic ring is 1. The van der Waals surface area contributed by atoms with Crippen LogP contribution < -0.4 is 11.1 Å². The van der Waals surface area contributed by atoms with Gasteiger partial charge >= 0.3 is 0 Å². The molecule has 0 saturated carbocycles. The van der Waals surface area contributed by atoms with Crippen LogP contribution in [0, 0.1) is 12.7 Å². The van der Waals surface area contributed by atoms with Gasteiger partial charge in [-0.05, 0) is 47.9 Å². The molecule has 1 atom stereocenters. The first-order valence-electron chi connectivity index (χ1n) is 9.92.